The molecule has 0 saturated carbocycles. The quantitative estimate of drug-likeness (QED) is 0.634. The fraction of sp³-hybridized carbons (Fsp3) is 0.875. The van der Waals surface area contributed by atoms with Crippen LogP contribution in [0.5, 0.6) is 0 Å². The minimum absolute atomic E-state index is 0.139. The summed E-state index contributed by atoms with van der Waals surface area (Å²) in [6, 6.07) is 0. The van der Waals surface area contributed by atoms with E-state index in [9.17, 15) is 4.79 Å². The fourth-order valence-electron chi connectivity index (χ4n) is 1.26. The monoisotopic (exact) mass is 193 g/mol. The smallest absolute Gasteiger partial charge is 0.303 e. The summed E-state index contributed by atoms with van der Waals surface area (Å²) in [5.74, 6) is -0.105. The van der Waals surface area contributed by atoms with Crippen molar-refractivity contribution in [3.05, 3.63) is 0 Å². The summed E-state index contributed by atoms with van der Waals surface area (Å²) in [6.07, 6.45) is 1.09. The number of nitrogens with one attached hydrogen (secondary N) is 1. The molecule has 0 fully saturated rings. The SMILES string of the molecule is CC(C)C[C@H](CNCl)CC(=O)O. The summed E-state index contributed by atoms with van der Waals surface area (Å²) in [7, 11) is 0. The molecule has 3 nitrogen and oxygen atoms in total. The minimum Gasteiger partial charge on any atom is -0.481 e. The van der Waals surface area contributed by atoms with Crippen LogP contribution in [-0.2, 0) is 4.79 Å². The summed E-state index contributed by atoms with van der Waals surface area (Å²) in [5.41, 5.74) is 0. The van der Waals surface area contributed by atoms with Crippen LogP contribution in [0.2, 0.25) is 0 Å². The summed E-state index contributed by atoms with van der Waals surface area (Å²) >= 11 is 5.32. The first-order chi connectivity index (χ1) is 5.56. The van der Waals surface area contributed by atoms with Gasteiger partial charge in [0, 0.05) is 13.0 Å². The van der Waals surface area contributed by atoms with Crippen LogP contribution >= 0.6 is 11.8 Å². The number of carbonyl (C=O) groups is 1. The van der Waals surface area contributed by atoms with Gasteiger partial charge in [-0.2, -0.15) is 0 Å². The molecule has 0 bridgehead atoms. The molecule has 0 amide bonds. The third-order valence-electron chi connectivity index (χ3n) is 1.63. The van der Waals surface area contributed by atoms with Crippen LogP contribution in [0.1, 0.15) is 26.7 Å². The zero-order chi connectivity index (χ0) is 9.56. The largest absolute Gasteiger partial charge is 0.481 e. The molecule has 0 spiro atoms. The zero-order valence-corrected chi connectivity index (χ0v) is 8.27. The van der Waals surface area contributed by atoms with Crippen molar-refractivity contribution in [2.75, 3.05) is 6.54 Å². The summed E-state index contributed by atoms with van der Waals surface area (Å²) in [4.78, 5) is 12.9. The molecular formula is C8H16ClNO2. The van der Waals surface area contributed by atoms with Gasteiger partial charge in [-0.1, -0.05) is 13.8 Å². The van der Waals surface area contributed by atoms with Crippen molar-refractivity contribution in [1.82, 2.24) is 4.84 Å². The molecule has 72 valence electrons. The van der Waals surface area contributed by atoms with Gasteiger partial charge in [0.05, 0.1) is 0 Å². The highest BCUT2D eigenvalue weighted by atomic mass is 35.5. The highest BCUT2D eigenvalue weighted by Gasteiger charge is 2.13. The van der Waals surface area contributed by atoms with Gasteiger partial charge in [0.15, 0.2) is 0 Å². The molecule has 0 aliphatic carbocycles. The van der Waals surface area contributed by atoms with E-state index in [0.29, 0.717) is 12.5 Å². The van der Waals surface area contributed by atoms with E-state index in [1.54, 1.807) is 0 Å². The summed E-state index contributed by atoms with van der Waals surface area (Å²) in [6.45, 7) is 4.71. The Labute approximate surface area is 78.2 Å². The number of halogens is 1. The molecule has 0 unspecified atom stereocenters. The highest BCUT2D eigenvalue weighted by molar-refractivity contribution is 6.13. The molecule has 12 heavy (non-hydrogen) atoms. The van der Waals surface area contributed by atoms with Crippen molar-refractivity contribution >= 4 is 17.7 Å². The zero-order valence-electron chi connectivity index (χ0n) is 7.51. The van der Waals surface area contributed by atoms with E-state index in [1.165, 1.54) is 0 Å². The van der Waals surface area contributed by atoms with E-state index in [4.69, 9.17) is 16.9 Å². The van der Waals surface area contributed by atoms with Crippen LogP contribution < -0.4 is 4.84 Å². The number of carboxylic acid groups (broad SMARTS) is 1. The lowest BCUT2D eigenvalue weighted by atomic mass is 9.94. The second-order valence-corrected chi connectivity index (χ2v) is 3.70. The molecule has 0 aromatic carbocycles. The molecule has 0 rings (SSSR count). The van der Waals surface area contributed by atoms with Gasteiger partial charge in [-0.15, -0.1) is 0 Å². The van der Waals surface area contributed by atoms with E-state index < -0.39 is 5.97 Å². The first kappa shape index (κ1) is 11.7. The Bertz CT molecular complexity index is 139. The first-order valence-electron chi connectivity index (χ1n) is 4.11. The Hall–Kier alpha value is -0.280. The van der Waals surface area contributed by atoms with Crippen LogP contribution in [-0.4, -0.2) is 17.6 Å². The van der Waals surface area contributed by atoms with Gasteiger partial charge >= 0.3 is 5.97 Å². The van der Waals surface area contributed by atoms with Crippen LogP contribution in [0, 0.1) is 11.8 Å². The third-order valence-corrected chi connectivity index (χ3v) is 1.79. The fourth-order valence-corrected chi connectivity index (χ4v) is 1.48. The third kappa shape index (κ3) is 6.43. The second kappa shape index (κ2) is 6.26. The van der Waals surface area contributed by atoms with Crippen LogP contribution in [0.3, 0.4) is 0 Å². The lowest BCUT2D eigenvalue weighted by molar-refractivity contribution is -0.138. The first-order valence-corrected chi connectivity index (χ1v) is 4.49. The maximum absolute atomic E-state index is 10.4. The van der Waals surface area contributed by atoms with Gasteiger partial charge in [0.1, 0.15) is 0 Å². The summed E-state index contributed by atoms with van der Waals surface area (Å²) < 4.78 is 0. The predicted octanol–water partition coefficient (Wildman–Crippen LogP) is 1.87. The van der Waals surface area contributed by atoms with E-state index >= 15 is 0 Å². The Balaban J connectivity index is 3.77. The molecule has 0 aliphatic rings. The van der Waals surface area contributed by atoms with Crippen LogP contribution in [0.15, 0.2) is 0 Å². The number of aliphatic carboxylic acids is 1. The van der Waals surface area contributed by atoms with Crippen molar-refractivity contribution in [1.29, 1.82) is 0 Å². The normalized spacial score (nSPS) is 13.3. The molecule has 0 aromatic heterocycles. The average molecular weight is 194 g/mol. The number of hydrogen-bond acceptors (Lipinski definition) is 2. The molecule has 0 radical (unpaired) electrons. The van der Waals surface area contributed by atoms with Crippen molar-refractivity contribution in [3.8, 4) is 0 Å². The van der Waals surface area contributed by atoms with Gasteiger partial charge in [-0.3, -0.25) is 4.79 Å². The molecule has 1 atom stereocenters. The van der Waals surface area contributed by atoms with Crippen LogP contribution in [0.25, 0.3) is 0 Å². The molecular weight excluding hydrogens is 178 g/mol. The lowest BCUT2D eigenvalue weighted by Gasteiger charge is -2.15. The molecule has 0 saturated heterocycles. The Morgan fingerprint density at radius 2 is 2.17 bits per heavy atom. The number of rotatable bonds is 6. The minimum atomic E-state index is -0.757. The Morgan fingerprint density at radius 3 is 2.50 bits per heavy atom. The van der Waals surface area contributed by atoms with E-state index in [2.05, 4.69) is 18.7 Å². The molecule has 0 heterocycles. The van der Waals surface area contributed by atoms with Gasteiger partial charge in [-0.25, -0.2) is 4.84 Å². The highest BCUT2D eigenvalue weighted by Crippen LogP contribution is 2.14. The van der Waals surface area contributed by atoms with Gasteiger partial charge in [0.2, 0.25) is 0 Å². The second-order valence-electron chi connectivity index (χ2n) is 3.43. The Morgan fingerprint density at radius 1 is 1.58 bits per heavy atom. The average Bonchev–Trinajstić information content (AvgIpc) is 1.84. The maximum Gasteiger partial charge on any atom is 0.303 e. The van der Waals surface area contributed by atoms with Crippen molar-refractivity contribution in [2.24, 2.45) is 11.8 Å². The lowest BCUT2D eigenvalue weighted by Crippen LogP contribution is -2.20. The van der Waals surface area contributed by atoms with Crippen LogP contribution in [0.4, 0.5) is 0 Å². The van der Waals surface area contributed by atoms with Crippen molar-refractivity contribution in [2.45, 2.75) is 26.7 Å². The molecule has 4 heteroatoms. The topological polar surface area (TPSA) is 49.3 Å². The maximum atomic E-state index is 10.4. The molecule has 0 aliphatic heterocycles. The van der Waals surface area contributed by atoms with E-state index in [1.807, 2.05) is 0 Å². The molecule has 0 aromatic rings. The number of carboxylic acids is 1. The Kier molecular flexibility index (Phi) is 6.11. The predicted molar refractivity (Wildman–Crippen MR) is 49.1 cm³/mol. The number of hydrogen-bond donors (Lipinski definition) is 2. The summed E-state index contributed by atoms with van der Waals surface area (Å²) in [5, 5.41) is 8.55. The van der Waals surface area contributed by atoms with Gasteiger partial charge < -0.3 is 5.11 Å². The van der Waals surface area contributed by atoms with Gasteiger partial charge in [0.25, 0.3) is 0 Å². The van der Waals surface area contributed by atoms with Crippen molar-refractivity contribution < 1.29 is 9.90 Å². The standard InChI is InChI=1S/C8H16ClNO2/c1-6(2)3-7(5-10-9)4-8(11)12/h6-7,10H,3-5H2,1-2H3,(H,11,12)/t7-/m0/s1. The van der Waals surface area contributed by atoms with Crippen molar-refractivity contribution in [3.63, 3.8) is 0 Å². The van der Waals surface area contributed by atoms with E-state index in [0.717, 1.165) is 6.42 Å². The molecule has 2 N–H and O–H groups in total. The van der Waals surface area contributed by atoms with E-state index in [-0.39, 0.29) is 12.3 Å². The van der Waals surface area contributed by atoms with Gasteiger partial charge in [-0.05, 0) is 30.0 Å².